The molecule has 28 heavy (non-hydrogen) atoms. The van der Waals surface area contributed by atoms with E-state index in [1.165, 1.54) is 25.0 Å². The molecule has 0 aliphatic rings. The molecular weight excluding hydrogens is 402 g/mol. The summed E-state index contributed by atoms with van der Waals surface area (Å²) in [5, 5.41) is 11.3. The maximum atomic E-state index is 12.3. The number of rotatable bonds is 5. The molecule has 2 aromatic carbocycles. The summed E-state index contributed by atoms with van der Waals surface area (Å²) in [6.07, 6.45) is 1.26. The van der Waals surface area contributed by atoms with Gasteiger partial charge in [0.15, 0.2) is 4.77 Å². The van der Waals surface area contributed by atoms with E-state index in [0.717, 1.165) is 0 Å². The quantitative estimate of drug-likeness (QED) is 0.483. The van der Waals surface area contributed by atoms with E-state index in [0.29, 0.717) is 27.9 Å². The lowest BCUT2D eigenvalue weighted by Crippen LogP contribution is -2.18. The van der Waals surface area contributed by atoms with Crippen LogP contribution in [0.2, 0.25) is 5.02 Å². The van der Waals surface area contributed by atoms with Crippen LogP contribution in [0.5, 0.6) is 17.4 Å². The van der Waals surface area contributed by atoms with E-state index < -0.39 is 5.56 Å². The molecule has 0 atom stereocenters. The number of aromatic amines is 1. The minimum Gasteiger partial charge on any atom is -0.497 e. The number of hydrogen-bond donors (Lipinski definition) is 2. The molecule has 0 aliphatic heterocycles. The SMILES string of the molecule is COc1ccc(OC)c(-n2c(O)c(C=Nc3ccc(Cl)cc3)c(=O)[nH]c2=S)c1. The van der Waals surface area contributed by atoms with Gasteiger partial charge >= 0.3 is 0 Å². The van der Waals surface area contributed by atoms with Crippen molar-refractivity contribution < 1.29 is 14.6 Å². The number of benzene rings is 2. The first kappa shape index (κ1) is 19.7. The molecular formula is C19H16ClN3O4S. The fraction of sp³-hybridized carbons (Fsp3) is 0.105. The number of hydrogen-bond acceptors (Lipinski definition) is 6. The Morgan fingerprint density at radius 1 is 1.18 bits per heavy atom. The second-order valence-corrected chi connectivity index (χ2v) is 6.43. The Morgan fingerprint density at radius 3 is 2.54 bits per heavy atom. The molecule has 0 saturated heterocycles. The molecule has 1 aromatic heterocycles. The van der Waals surface area contributed by atoms with Gasteiger partial charge in [0.05, 0.1) is 25.6 Å². The number of halogens is 1. The lowest BCUT2D eigenvalue weighted by atomic mass is 10.2. The predicted octanol–water partition coefficient (Wildman–Crippen LogP) is 4.02. The Balaban J connectivity index is 2.17. The molecule has 144 valence electrons. The van der Waals surface area contributed by atoms with E-state index in [2.05, 4.69) is 9.98 Å². The third-order valence-corrected chi connectivity index (χ3v) is 4.45. The fourth-order valence-corrected chi connectivity index (χ4v) is 2.92. The molecule has 7 nitrogen and oxygen atoms in total. The van der Waals surface area contributed by atoms with Gasteiger partial charge in [0.25, 0.3) is 5.56 Å². The topological polar surface area (TPSA) is 88.8 Å². The number of aromatic hydroxyl groups is 1. The van der Waals surface area contributed by atoms with Crippen LogP contribution in [0.4, 0.5) is 5.69 Å². The van der Waals surface area contributed by atoms with Crippen molar-refractivity contribution in [1.29, 1.82) is 0 Å². The highest BCUT2D eigenvalue weighted by Gasteiger charge is 2.16. The summed E-state index contributed by atoms with van der Waals surface area (Å²) < 4.78 is 11.9. The van der Waals surface area contributed by atoms with Crippen molar-refractivity contribution in [3.05, 3.63) is 68.2 Å². The first-order valence-electron chi connectivity index (χ1n) is 8.05. The Kier molecular flexibility index (Phi) is 5.81. The van der Waals surface area contributed by atoms with Crippen molar-refractivity contribution in [3.63, 3.8) is 0 Å². The minimum absolute atomic E-state index is 0.00213. The number of aliphatic imine (C=N–C) groups is 1. The summed E-state index contributed by atoms with van der Waals surface area (Å²) in [7, 11) is 3.00. The summed E-state index contributed by atoms with van der Waals surface area (Å²) >= 11 is 11.1. The highest BCUT2D eigenvalue weighted by molar-refractivity contribution is 7.71. The monoisotopic (exact) mass is 417 g/mol. The molecule has 3 rings (SSSR count). The molecule has 0 spiro atoms. The van der Waals surface area contributed by atoms with Gasteiger partial charge in [-0.25, -0.2) is 0 Å². The number of H-pyrrole nitrogens is 1. The maximum Gasteiger partial charge on any atom is 0.264 e. The van der Waals surface area contributed by atoms with Crippen LogP contribution in [0.3, 0.4) is 0 Å². The highest BCUT2D eigenvalue weighted by atomic mass is 35.5. The number of nitrogens with zero attached hydrogens (tertiary/aromatic N) is 2. The van der Waals surface area contributed by atoms with Gasteiger partial charge < -0.3 is 14.6 Å². The standard InChI is InChI=1S/C19H16ClN3O4S/c1-26-13-7-8-16(27-2)15(9-13)23-18(25)14(17(24)22-19(23)28)10-21-12-5-3-11(20)4-6-12/h3-10,25H,1-2H3,(H,22,24,28). The van der Waals surface area contributed by atoms with E-state index in [4.69, 9.17) is 33.3 Å². The van der Waals surface area contributed by atoms with E-state index in [1.807, 2.05) is 0 Å². The Labute approximate surface area is 170 Å². The van der Waals surface area contributed by atoms with Crippen LogP contribution >= 0.6 is 23.8 Å². The Bertz CT molecular complexity index is 1150. The zero-order chi connectivity index (χ0) is 20.3. The van der Waals surface area contributed by atoms with Gasteiger partial charge in [-0.3, -0.25) is 19.3 Å². The Hall–Kier alpha value is -3.10. The van der Waals surface area contributed by atoms with Crippen molar-refractivity contribution >= 4 is 35.7 Å². The summed E-state index contributed by atoms with van der Waals surface area (Å²) in [6, 6.07) is 11.7. The average molecular weight is 418 g/mol. The summed E-state index contributed by atoms with van der Waals surface area (Å²) in [6.45, 7) is 0. The number of methoxy groups -OCH3 is 2. The maximum absolute atomic E-state index is 12.3. The van der Waals surface area contributed by atoms with Crippen LogP contribution in [0.25, 0.3) is 5.69 Å². The van der Waals surface area contributed by atoms with Gasteiger partial charge in [-0.15, -0.1) is 0 Å². The van der Waals surface area contributed by atoms with Crippen molar-refractivity contribution in [2.75, 3.05) is 14.2 Å². The van der Waals surface area contributed by atoms with Crippen LogP contribution in [0.15, 0.2) is 52.3 Å². The van der Waals surface area contributed by atoms with Gasteiger partial charge in [0.1, 0.15) is 17.1 Å². The van der Waals surface area contributed by atoms with Gasteiger partial charge in [0, 0.05) is 17.3 Å². The van der Waals surface area contributed by atoms with Crippen LogP contribution in [-0.2, 0) is 0 Å². The smallest absolute Gasteiger partial charge is 0.264 e. The third-order valence-electron chi connectivity index (χ3n) is 3.92. The van der Waals surface area contributed by atoms with E-state index in [-0.39, 0.29) is 16.2 Å². The normalized spacial score (nSPS) is 11.0. The van der Waals surface area contributed by atoms with Gasteiger partial charge in [-0.2, -0.15) is 0 Å². The molecule has 0 unspecified atom stereocenters. The van der Waals surface area contributed by atoms with Crippen LogP contribution in [0, 0.1) is 4.77 Å². The summed E-state index contributed by atoms with van der Waals surface area (Å²) in [5.74, 6) is 0.581. The lowest BCUT2D eigenvalue weighted by molar-refractivity contribution is 0.394. The zero-order valence-electron chi connectivity index (χ0n) is 15.0. The molecule has 0 radical (unpaired) electrons. The summed E-state index contributed by atoms with van der Waals surface area (Å²) in [4.78, 5) is 19.1. The zero-order valence-corrected chi connectivity index (χ0v) is 16.5. The number of ether oxygens (including phenoxy) is 2. The molecule has 3 aromatic rings. The first-order chi connectivity index (χ1) is 13.4. The third kappa shape index (κ3) is 3.92. The second kappa shape index (κ2) is 8.28. The molecule has 0 aliphatic carbocycles. The van der Waals surface area contributed by atoms with E-state index >= 15 is 0 Å². The van der Waals surface area contributed by atoms with Gasteiger partial charge in [0.2, 0.25) is 5.88 Å². The molecule has 0 bridgehead atoms. The van der Waals surface area contributed by atoms with Crippen molar-refractivity contribution in [3.8, 4) is 23.1 Å². The minimum atomic E-state index is -0.571. The summed E-state index contributed by atoms with van der Waals surface area (Å²) in [5.41, 5.74) is 0.338. The van der Waals surface area contributed by atoms with Crippen molar-refractivity contribution in [2.24, 2.45) is 4.99 Å². The largest absolute Gasteiger partial charge is 0.497 e. The van der Waals surface area contributed by atoms with Gasteiger partial charge in [-0.05, 0) is 48.6 Å². The first-order valence-corrected chi connectivity index (χ1v) is 8.83. The fourth-order valence-electron chi connectivity index (χ4n) is 2.52. The van der Waals surface area contributed by atoms with Crippen molar-refractivity contribution in [2.45, 2.75) is 0 Å². The lowest BCUT2D eigenvalue weighted by Gasteiger charge is -2.15. The Morgan fingerprint density at radius 2 is 1.89 bits per heavy atom. The van der Waals surface area contributed by atoms with Crippen molar-refractivity contribution in [1.82, 2.24) is 9.55 Å². The second-order valence-electron chi connectivity index (χ2n) is 5.60. The highest BCUT2D eigenvalue weighted by Crippen LogP contribution is 2.31. The predicted molar refractivity (Wildman–Crippen MR) is 111 cm³/mol. The molecule has 0 fully saturated rings. The number of aromatic nitrogens is 2. The average Bonchev–Trinajstić information content (AvgIpc) is 2.68. The molecule has 9 heteroatoms. The molecule has 0 amide bonds. The van der Waals surface area contributed by atoms with Gasteiger partial charge in [-0.1, -0.05) is 11.6 Å². The van der Waals surface area contributed by atoms with Crippen LogP contribution in [-0.4, -0.2) is 35.1 Å². The van der Waals surface area contributed by atoms with E-state index in [1.54, 1.807) is 42.5 Å². The molecule has 1 heterocycles. The molecule has 0 saturated carbocycles. The number of nitrogens with one attached hydrogen (secondary N) is 1. The molecule has 2 N–H and O–H groups in total. The van der Waals surface area contributed by atoms with Crippen LogP contribution in [0.1, 0.15) is 5.56 Å². The van der Waals surface area contributed by atoms with E-state index in [9.17, 15) is 9.90 Å². The van der Waals surface area contributed by atoms with Crippen LogP contribution < -0.4 is 15.0 Å².